The van der Waals surface area contributed by atoms with E-state index in [-0.39, 0.29) is 17.6 Å². The van der Waals surface area contributed by atoms with Gasteiger partial charge >= 0.3 is 12.3 Å². The molecule has 136 valence electrons. The highest BCUT2D eigenvalue weighted by atomic mass is 19.4. The van der Waals surface area contributed by atoms with Crippen molar-refractivity contribution in [3.8, 4) is 5.75 Å². The summed E-state index contributed by atoms with van der Waals surface area (Å²) in [7, 11) is 0. The van der Waals surface area contributed by atoms with E-state index in [0.29, 0.717) is 24.9 Å². The number of carbonyl (C=O) groups is 2. The second-order valence-electron chi connectivity index (χ2n) is 6.54. The summed E-state index contributed by atoms with van der Waals surface area (Å²) < 4.78 is 41.6. The molecule has 0 radical (unpaired) electrons. The van der Waals surface area contributed by atoms with Crippen molar-refractivity contribution < 1.29 is 32.6 Å². The third kappa shape index (κ3) is 3.57. The van der Waals surface area contributed by atoms with Crippen molar-refractivity contribution >= 4 is 11.9 Å². The molecule has 1 N–H and O–H groups in total. The van der Waals surface area contributed by atoms with Crippen molar-refractivity contribution in [1.29, 1.82) is 0 Å². The normalized spacial score (nSPS) is 28.7. The van der Waals surface area contributed by atoms with E-state index in [0.717, 1.165) is 0 Å². The molecule has 1 aromatic carbocycles. The molecule has 0 bridgehead atoms. The van der Waals surface area contributed by atoms with Crippen LogP contribution in [0.2, 0.25) is 0 Å². The summed E-state index contributed by atoms with van der Waals surface area (Å²) >= 11 is 0. The molecule has 5 nitrogen and oxygen atoms in total. The highest BCUT2D eigenvalue weighted by Gasteiger charge is 2.50. The van der Waals surface area contributed by atoms with Crippen LogP contribution in [0, 0.1) is 11.8 Å². The molecule has 2 fully saturated rings. The lowest BCUT2D eigenvalue weighted by Crippen LogP contribution is -2.38. The molecule has 0 aromatic heterocycles. The zero-order valence-electron chi connectivity index (χ0n) is 13.5. The van der Waals surface area contributed by atoms with Crippen LogP contribution < -0.4 is 4.74 Å². The summed E-state index contributed by atoms with van der Waals surface area (Å²) in [6.45, 7) is 2.06. The minimum absolute atomic E-state index is 0.192. The number of halogens is 3. The van der Waals surface area contributed by atoms with Crippen molar-refractivity contribution in [3.05, 3.63) is 29.8 Å². The fourth-order valence-electron chi connectivity index (χ4n) is 3.61. The fraction of sp³-hybridized carbons (Fsp3) is 0.529. The van der Waals surface area contributed by atoms with E-state index in [2.05, 4.69) is 4.74 Å². The van der Waals surface area contributed by atoms with Gasteiger partial charge in [-0.1, -0.05) is 18.2 Å². The average molecular weight is 357 g/mol. The number of nitrogens with zero attached hydrogens (tertiary/aromatic N) is 1. The molecule has 1 saturated heterocycles. The molecule has 3 rings (SSSR count). The minimum Gasteiger partial charge on any atom is -0.481 e. The van der Waals surface area contributed by atoms with Gasteiger partial charge in [-0.15, -0.1) is 13.2 Å². The van der Waals surface area contributed by atoms with Gasteiger partial charge in [0.25, 0.3) is 0 Å². The van der Waals surface area contributed by atoms with Crippen LogP contribution in [0.5, 0.6) is 5.75 Å². The van der Waals surface area contributed by atoms with Gasteiger partial charge in [-0.2, -0.15) is 0 Å². The van der Waals surface area contributed by atoms with Crippen molar-refractivity contribution in [3.63, 3.8) is 0 Å². The molecular formula is C17H18F3NO4. The van der Waals surface area contributed by atoms with Crippen LogP contribution in [0.3, 0.4) is 0 Å². The molecule has 1 aromatic rings. The van der Waals surface area contributed by atoms with E-state index in [1.54, 1.807) is 13.0 Å². The number of benzene rings is 1. The van der Waals surface area contributed by atoms with Gasteiger partial charge in [0.15, 0.2) is 0 Å². The van der Waals surface area contributed by atoms with E-state index in [1.807, 2.05) is 0 Å². The Labute approximate surface area is 142 Å². The maximum Gasteiger partial charge on any atom is 0.573 e. The Bertz CT molecular complexity index is 691. The highest BCUT2D eigenvalue weighted by Crippen LogP contribution is 2.52. The van der Waals surface area contributed by atoms with Crippen molar-refractivity contribution in [2.75, 3.05) is 6.54 Å². The first kappa shape index (κ1) is 17.6. The van der Waals surface area contributed by atoms with Crippen LogP contribution in [-0.4, -0.2) is 40.8 Å². The predicted molar refractivity (Wildman–Crippen MR) is 80.9 cm³/mol. The first-order valence-electron chi connectivity index (χ1n) is 8.07. The van der Waals surface area contributed by atoms with Gasteiger partial charge in [0.1, 0.15) is 5.75 Å². The number of carbonyl (C=O) groups excluding carboxylic acids is 1. The van der Waals surface area contributed by atoms with E-state index in [4.69, 9.17) is 5.11 Å². The summed E-state index contributed by atoms with van der Waals surface area (Å²) in [4.78, 5) is 25.3. The van der Waals surface area contributed by atoms with Crippen LogP contribution in [-0.2, 0) is 9.59 Å². The molecule has 1 aliphatic carbocycles. The number of carboxylic acid groups (broad SMARTS) is 1. The fourth-order valence-corrected chi connectivity index (χ4v) is 3.61. The molecule has 0 spiro atoms. The van der Waals surface area contributed by atoms with Crippen LogP contribution in [0.4, 0.5) is 13.2 Å². The predicted octanol–water partition coefficient (Wildman–Crippen LogP) is 3.01. The van der Waals surface area contributed by atoms with Gasteiger partial charge in [-0.25, -0.2) is 0 Å². The lowest BCUT2D eigenvalue weighted by molar-refractivity contribution is -0.274. The Balaban J connectivity index is 1.71. The first-order valence-corrected chi connectivity index (χ1v) is 8.07. The Kier molecular flexibility index (Phi) is 4.38. The summed E-state index contributed by atoms with van der Waals surface area (Å²) in [5, 5.41) is 9.15. The van der Waals surface area contributed by atoms with Crippen molar-refractivity contribution in [2.45, 2.75) is 38.1 Å². The van der Waals surface area contributed by atoms with Gasteiger partial charge in [0.2, 0.25) is 5.91 Å². The topological polar surface area (TPSA) is 66.8 Å². The summed E-state index contributed by atoms with van der Waals surface area (Å²) in [5.74, 6) is -2.76. The number of ether oxygens (including phenoxy) is 1. The molecule has 1 heterocycles. The number of carboxylic acids is 1. The Morgan fingerprint density at radius 1 is 1.24 bits per heavy atom. The third-order valence-electron chi connectivity index (χ3n) is 5.01. The number of rotatable bonds is 4. The second kappa shape index (κ2) is 6.24. The van der Waals surface area contributed by atoms with Crippen LogP contribution in [0.15, 0.2) is 24.3 Å². The summed E-state index contributed by atoms with van der Waals surface area (Å²) in [6.07, 6.45) is -3.95. The lowest BCUT2D eigenvalue weighted by Gasteiger charge is -2.23. The van der Waals surface area contributed by atoms with Crippen LogP contribution in [0.25, 0.3) is 0 Å². The summed E-state index contributed by atoms with van der Waals surface area (Å²) in [5.41, 5.74) is 0.361. The van der Waals surface area contributed by atoms with Gasteiger partial charge < -0.3 is 14.7 Å². The Morgan fingerprint density at radius 3 is 2.52 bits per heavy atom. The number of likely N-dealkylation sites (tertiary alicyclic amines) is 1. The Hall–Kier alpha value is -2.25. The molecule has 8 heteroatoms. The van der Waals surface area contributed by atoms with E-state index < -0.39 is 30.2 Å². The molecule has 1 amide bonds. The standard InChI is InChI=1S/C17H18F3NO4/c1-9-10(16(23)24)6-7-21(9)15(22)13-8-12(13)11-4-2-3-5-14(11)25-17(18,19)20/h2-5,9-10,12-13H,6-8H2,1H3,(H,23,24). The van der Waals surface area contributed by atoms with E-state index in [9.17, 15) is 22.8 Å². The molecule has 1 aliphatic heterocycles. The van der Waals surface area contributed by atoms with Crippen LogP contribution in [0.1, 0.15) is 31.2 Å². The molecule has 4 atom stereocenters. The number of aliphatic carboxylic acids is 1. The third-order valence-corrected chi connectivity index (χ3v) is 5.01. The zero-order chi connectivity index (χ0) is 18.4. The molecule has 25 heavy (non-hydrogen) atoms. The lowest BCUT2D eigenvalue weighted by atomic mass is 10.0. The molecule has 1 saturated carbocycles. The van der Waals surface area contributed by atoms with Gasteiger partial charge in [-0.05, 0) is 37.3 Å². The van der Waals surface area contributed by atoms with E-state index >= 15 is 0 Å². The van der Waals surface area contributed by atoms with Gasteiger partial charge in [0, 0.05) is 18.5 Å². The van der Waals surface area contributed by atoms with Crippen molar-refractivity contribution in [1.82, 2.24) is 4.90 Å². The second-order valence-corrected chi connectivity index (χ2v) is 6.54. The van der Waals surface area contributed by atoms with Crippen molar-refractivity contribution in [2.24, 2.45) is 11.8 Å². The highest BCUT2D eigenvalue weighted by molar-refractivity contribution is 5.85. The maximum atomic E-state index is 12.6. The molecule has 4 unspecified atom stereocenters. The molecule has 2 aliphatic rings. The average Bonchev–Trinajstić information content (AvgIpc) is 3.20. The maximum absolute atomic E-state index is 12.6. The number of para-hydroxylation sites is 1. The summed E-state index contributed by atoms with van der Waals surface area (Å²) in [6, 6.07) is 5.42. The van der Waals surface area contributed by atoms with Gasteiger partial charge in [-0.3, -0.25) is 9.59 Å². The number of alkyl halides is 3. The van der Waals surface area contributed by atoms with Gasteiger partial charge in [0.05, 0.1) is 5.92 Å². The first-order chi connectivity index (χ1) is 11.7. The molecular weight excluding hydrogens is 339 g/mol. The number of amides is 1. The van der Waals surface area contributed by atoms with Crippen LogP contribution >= 0.6 is 0 Å². The largest absolute Gasteiger partial charge is 0.573 e. The minimum atomic E-state index is -4.79. The zero-order valence-corrected chi connectivity index (χ0v) is 13.5. The Morgan fingerprint density at radius 2 is 1.92 bits per heavy atom. The van der Waals surface area contributed by atoms with E-state index in [1.165, 1.54) is 23.1 Å². The SMILES string of the molecule is CC1C(C(=O)O)CCN1C(=O)C1CC1c1ccccc1OC(F)(F)F. The number of hydrogen-bond acceptors (Lipinski definition) is 3. The monoisotopic (exact) mass is 357 g/mol. The smallest absolute Gasteiger partial charge is 0.481 e. The number of hydrogen-bond donors (Lipinski definition) is 1. The quantitative estimate of drug-likeness (QED) is 0.900.